The van der Waals surface area contributed by atoms with Crippen LogP contribution < -0.4 is 0 Å². The molecular weight excluding hydrogens is 258 g/mol. The summed E-state index contributed by atoms with van der Waals surface area (Å²) < 4.78 is 4.66. The number of benzene rings is 1. The van der Waals surface area contributed by atoms with Gasteiger partial charge in [0.2, 0.25) is 0 Å². The number of nitrogens with zero attached hydrogens (tertiary/aromatic N) is 2. The number of rotatable bonds is 5. The van der Waals surface area contributed by atoms with E-state index in [4.69, 9.17) is 5.53 Å². The molecule has 0 aliphatic rings. The maximum atomic E-state index is 12.0. The number of nitrogens with one attached hydrogen (secondary N) is 1. The highest BCUT2D eigenvalue weighted by Crippen LogP contribution is 2.18. The molecule has 2 aromatic rings. The zero-order chi connectivity index (χ0) is 14.5. The Bertz CT molecular complexity index is 711. The van der Waals surface area contributed by atoms with E-state index < -0.39 is 17.5 Å². The van der Waals surface area contributed by atoms with Gasteiger partial charge < -0.3 is 15.3 Å². The van der Waals surface area contributed by atoms with Gasteiger partial charge in [0.1, 0.15) is 0 Å². The van der Waals surface area contributed by atoms with Gasteiger partial charge in [0, 0.05) is 23.5 Å². The molecule has 0 radical (unpaired) electrons. The quantitative estimate of drug-likeness (QED) is 0.293. The lowest BCUT2D eigenvalue weighted by Crippen LogP contribution is -2.28. The third-order valence-corrected chi connectivity index (χ3v) is 2.86. The van der Waals surface area contributed by atoms with Crippen molar-refractivity contribution >= 4 is 28.4 Å². The standard InChI is InChI=1S/C14H13N3O3/c1-2-20-14(19)13(17-15)12(18)7-9-8-16-11-6-4-3-5-10(9)11/h3-6,8,16H,2,7H2,1H3. The number of carbonyl (C=O) groups excluding carboxylic acids is 2. The summed E-state index contributed by atoms with van der Waals surface area (Å²) in [4.78, 5) is 29.2. The molecule has 0 atom stereocenters. The molecule has 0 bridgehead atoms. The topological polar surface area (TPSA) is 95.6 Å². The lowest BCUT2D eigenvalue weighted by molar-refractivity contribution is -0.141. The number of carbonyl (C=O) groups is 2. The number of ketones is 1. The minimum Gasteiger partial charge on any atom is -0.457 e. The van der Waals surface area contributed by atoms with Crippen LogP contribution in [-0.4, -0.2) is 33.8 Å². The zero-order valence-electron chi connectivity index (χ0n) is 10.9. The second-order valence-electron chi connectivity index (χ2n) is 4.13. The predicted molar refractivity (Wildman–Crippen MR) is 72.3 cm³/mol. The summed E-state index contributed by atoms with van der Waals surface area (Å²) in [6.07, 6.45) is 1.66. The van der Waals surface area contributed by atoms with E-state index in [1.807, 2.05) is 24.3 Å². The number of aromatic amines is 1. The summed E-state index contributed by atoms with van der Waals surface area (Å²) >= 11 is 0. The maximum Gasteiger partial charge on any atom is 0.441 e. The molecule has 0 amide bonds. The normalized spacial score (nSPS) is 10.1. The summed E-state index contributed by atoms with van der Waals surface area (Å²) in [6.45, 7) is 1.72. The molecule has 0 fully saturated rings. The number of esters is 1. The molecule has 1 heterocycles. The fraction of sp³-hybridized carbons (Fsp3) is 0.214. The number of H-pyrrole nitrogens is 1. The third kappa shape index (κ3) is 2.65. The second kappa shape index (κ2) is 5.95. The second-order valence-corrected chi connectivity index (χ2v) is 4.13. The van der Waals surface area contributed by atoms with Crippen molar-refractivity contribution in [2.75, 3.05) is 6.61 Å². The molecular formula is C14H13N3O3. The first-order valence-electron chi connectivity index (χ1n) is 6.14. The average Bonchev–Trinajstić information content (AvgIpc) is 2.83. The van der Waals surface area contributed by atoms with Crippen LogP contribution in [0.5, 0.6) is 0 Å². The van der Waals surface area contributed by atoms with E-state index in [9.17, 15) is 9.59 Å². The number of hydrogen-bond donors (Lipinski definition) is 1. The van der Waals surface area contributed by atoms with Gasteiger partial charge in [-0.15, -0.1) is 0 Å². The Morgan fingerprint density at radius 2 is 2.10 bits per heavy atom. The molecule has 0 saturated heterocycles. The van der Waals surface area contributed by atoms with Gasteiger partial charge in [-0.05, 0) is 18.6 Å². The van der Waals surface area contributed by atoms with Crippen LogP contribution in [0.25, 0.3) is 16.4 Å². The SMILES string of the molecule is CCOC(=O)C(=[N+]=[N-])C(=O)Cc1c[nH]c2ccccc12. The Morgan fingerprint density at radius 3 is 2.80 bits per heavy atom. The van der Waals surface area contributed by atoms with E-state index in [1.165, 1.54) is 0 Å². The fourth-order valence-corrected chi connectivity index (χ4v) is 1.94. The van der Waals surface area contributed by atoms with Crippen LogP contribution >= 0.6 is 0 Å². The highest BCUT2D eigenvalue weighted by Gasteiger charge is 2.31. The van der Waals surface area contributed by atoms with Crippen molar-refractivity contribution in [2.45, 2.75) is 13.3 Å². The van der Waals surface area contributed by atoms with Crippen LogP contribution in [0.2, 0.25) is 0 Å². The highest BCUT2D eigenvalue weighted by molar-refractivity contribution is 6.62. The molecule has 0 unspecified atom stereocenters. The molecule has 102 valence electrons. The molecule has 6 nitrogen and oxygen atoms in total. The first-order valence-corrected chi connectivity index (χ1v) is 6.14. The van der Waals surface area contributed by atoms with Crippen LogP contribution in [0.3, 0.4) is 0 Å². The molecule has 20 heavy (non-hydrogen) atoms. The number of ether oxygens (including phenoxy) is 1. The first-order chi connectivity index (χ1) is 9.67. The van der Waals surface area contributed by atoms with Gasteiger partial charge in [0.15, 0.2) is 0 Å². The van der Waals surface area contributed by atoms with Gasteiger partial charge in [0.05, 0.1) is 6.61 Å². The van der Waals surface area contributed by atoms with Crippen molar-refractivity contribution in [3.63, 3.8) is 0 Å². The molecule has 1 aromatic carbocycles. The lowest BCUT2D eigenvalue weighted by atomic mass is 10.1. The Balaban J connectivity index is 2.23. The number of aromatic nitrogens is 1. The van der Waals surface area contributed by atoms with Crippen LogP contribution in [0.15, 0.2) is 30.5 Å². The van der Waals surface area contributed by atoms with Gasteiger partial charge in [-0.2, -0.15) is 4.79 Å². The molecule has 0 saturated carbocycles. The third-order valence-electron chi connectivity index (χ3n) is 2.86. The van der Waals surface area contributed by atoms with Crippen LogP contribution in [0.4, 0.5) is 0 Å². The van der Waals surface area contributed by atoms with E-state index in [2.05, 4.69) is 14.5 Å². The maximum absolute atomic E-state index is 12.0. The molecule has 1 N–H and O–H groups in total. The minimum atomic E-state index is -0.917. The molecule has 0 aliphatic heterocycles. The van der Waals surface area contributed by atoms with Gasteiger partial charge >= 0.3 is 11.7 Å². The Morgan fingerprint density at radius 1 is 1.35 bits per heavy atom. The largest absolute Gasteiger partial charge is 0.457 e. The smallest absolute Gasteiger partial charge is 0.441 e. The lowest BCUT2D eigenvalue weighted by Gasteiger charge is -1.97. The van der Waals surface area contributed by atoms with Crippen molar-refractivity contribution in [3.05, 3.63) is 41.6 Å². The zero-order valence-corrected chi connectivity index (χ0v) is 10.9. The van der Waals surface area contributed by atoms with Gasteiger partial charge in [0.25, 0.3) is 5.78 Å². The average molecular weight is 271 g/mol. The Labute approximate surface area is 115 Å². The van der Waals surface area contributed by atoms with Crippen LogP contribution in [0, 0.1) is 0 Å². The van der Waals surface area contributed by atoms with Gasteiger partial charge in [-0.3, -0.25) is 4.79 Å². The number of Topliss-reactive ketones (excluding diaryl/α,β-unsaturated/α-hetero) is 1. The van der Waals surface area contributed by atoms with Gasteiger partial charge in [-0.25, -0.2) is 4.79 Å². The van der Waals surface area contributed by atoms with Crippen molar-refractivity contribution < 1.29 is 19.1 Å². The van der Waals surface area contributed by atoms with Crippen LogP contribution in [0.1, 0.15) is 12.5 Å². The van der Waals surface area contributed by atoms with Crippen molar-refractivity contribution in [2.24, 2.45) is 0 Å². The van der Waals surface area contributed by atoms with E-state index >= 15 is 0 Å². The molecule has 2 rings (SSSR count). The van der Waals surface area contributed by atoms with E-state index in [0.717, 1.165) is 16.5 Å². The van der Waals surface area contributed by atoms with Crippen molar-refractivity contribution in [1.29, 1.82) is 0 Å². The van der Waals surface area contributed by atoms with E-state index in [-0.39, 0.29) is 13.0 Å². The fourth-order valence-electron chi connectivity index (χ4n) is 1.94. The number of hydrogen-bond acceptors (Lipinski definition) is 3. The van der Waals surface area contributed by atoms with Gasteiger partial charge in [-0.1, -0.05) is 18.2 Å². The van der Waals surface area contributed by atoms with Crippen molar-refractivity contribution in [1.82, 2.24) is 4.98 Å². The Kier molecular flexibility index (Phi) is 4.08. The summed E-state index contributed by atoms with van der Waals surface area (Å²) in [5.41, 5.74) is 9.84. The molecule has 0 spiro atoms. The highest BCUT2D eigenvalue weighted by atomic mass is 16.5. The van der Waals surface area contributed by atoms with Crippen LogP contribution in [-0.2, 0) is 20.7 Å². The Hall–Kier alpha value is -2.72. The molecule has 0 aliphatic carbocycles. The van der Waals surface area contributed by atoms with E-state index in [0.29, 0.717) is 0 Å². The van der Waals surface area contributed by atoms with E-state index in [1.54, 1.807) is 13.1 Å². The monoisotopic (exact) mass is 271 g/mol. The minimum absolute atomic E-state index is 0.0395. The summed E-state index contributed by atoms with van der Waals surface area (Å²) in [5, 5.41) is 0.891. The number of fused-ring (bicyclic) bond motifs is 1. The first kappa shape index (κ1) is 13.7. The van der Waals surface area contributed by atoms with Crippen molar-refractivity contribution in [3.8, 4) is 0 Å². The number of para-hydroxylation sites is 1. The molecule has 6 heteroatoms. The predicted octanol–water partition coefficient (Wildman–Crippen LogP) is 1.51. The summed E-state index contributed by atoms with van der Waals surface area (Å²) in [7, 11) is 0. The molecule has 1 aromatic heterocycles. The summed E-state index contributed by atoms with van der Waals surface area (Å²) in [6, 6.07) is 7.49. The summed E-state index contributed by atoms with van der Waals surface area (Å²) in [5.74, 6) is -1.50.